The van der Waals surface area contributed by atoms with E-state index in [9.17, 15) is 9.59 Å². The zero-order valence-electron chi connectivity index (χ0n) is 14.6. The molecular formula is C18H22N4O2S. The van der Waals surface area contributed by atoms with Gasteiger partial charge in [-0.25, -0.2) is 4.68 Å². The number of aromatic nitrogens is 3. The van der Waals surface area contributed by atoms with Crippen LogP contribution in [-0.2, 0) is 4.79 Å². The summed E-state index contributed by atoms with van der Waals surface area (Å²) in [4.78, 5) is 27.9. The summed E-state index contributed by atoms with van der Waals surface area (Å²) in [6.07, 6.45) is 3.81. The Morgan fingerprint density at radius 2 is 2.04 bits per heavy atom. The maximum absolute atomic E-state index is 13.0. The first-order valence-corrected chi connectivity index (χ1v) is 9.76. The van der Waals surface area contributed by atoms with Gasteiger partial charge in [-0.2, -0.15) is 5.10 Å². The number of likely N-dealkylation sites (tertiary alicyclic amines) is 1. The van der Waals surface area contributed by atoms with E-state index in [1.54, 1.807) is 11.3 Å². The highest BCUT2D eigenvalue weighted by atomic mass is 32.1. The minimum absolute atomic E-state index is 0.0221. The Labute approximate surface area is 149 Å². The van der Waals surface area contributed by atoms with Gasteiger partial charge in [-0.05, 0) is 50.1 Å². The first kappa shape index (κ1) is 16.3. The van der Waals surface area contributed by atoms with Crippen LogP contribution in [0.1, 0.15) is 44.5 Å². The molecule has 1 saturated heterocycles. The fraction of sp³-hybridized carbons (Fsp3) is 0.500. The lowest BCUT2D eigenvalue weighted by Crippen LogP contribution is -2.43. The number of piperidine rings is 1. The Morgan fingerprint density at radius 3 is 2.76 bits per heavy atom. The van der Waals surface area contributed by atoms with E-state index in [1.807, 2.05) is 40.7 Å². The average Bonchev–Trinajstić information content (AvgIpc) is 3.21. The van der Waals surface area contributed by atoms with Gasteiger partial charge in [-0.1, -0.05) is 6.92 Å². The molecule has 0 radical (unpaired) electrons. The van der Waals surface area contributed by atoms with Crippen molar-refractivity contribution in [1.82, 2.24) is 19.1 Å². The number of hydrogen-bond acceptors (Lipinski definition) is 4. The van der Waals surface area contributed by atoms with Crippen LogP contribution >= 0.6 is 11.3 Å². The molecule has 0 spiro atoms. The predicted octanol–water partition coefficient (Wildman–Crippen LogP) is 2.98. The maximum Gasteiger partial charge on any atom is 0.291 e. The molecule has 6 nitrogen and oxygen atoms in total. The van der Waals surface area contributed by atoms with Gasteiger partial charge < -0.3 is 4.90 Å². The number of nitrogens with zero attached hydrogens (tertiary/aromatic N) is 4. The smallest absolute Gasteiger partial charge is 0.291 e. The Bertz CT molecular complexity index is 994. The summed E-state index contributed by atoms with van der Waals surface area (Å²) >= 11 is 1.61. The summed E-state index contributed by atoms with van der Waals surface area (Å²) < 4.78 is 4.36. The third-order valence-electron chi connectivity index (χ3n) is 5.06. The lowest BCUT2D eigenvalue weighted by Gasteiger charge is -2.30. The number of fused-ring (bicyclic) bond motifs is 3. The van der Waals surface area contributed by atoms with Gasteiger partial charge >= 0.3 is 0 Å². The van der Waals surface area contributed by atoms with E-state index >= 15 is 0 Å². The molecule has 25 heavy (non-hydrogen) atoms. The predicted molar refractivity (Wildman–Crippen MR) is 99.3 cm³/mol. The van der Waals surface area contributed by atoms with Crippen LogP contribution in [0.4, 0.5) is 0 Å². The number of amides is 1. The van der Waals surface area contributed by atoms with Gasteiger partial charge in [0.05, 0.1) is 10.2 Å². The van der Waals surface area contributed by atoms with Crippen LogP contribution in [0.25, 0.3) is 15.7 Å². The minimum Gasteiger partial charge on any atom is -0.341 e. The van der Waals surface area contributed by atoms with Crippen molar-refractivity contribution in [1.29, 1.82) is 0 Å². The van der Waals surface area contributed by atoms with Crippen LogP contribution < -0.4 is 5.56 Å². The molecule has 0 aromatic carbocycles. The molecule has 0 aliphatic carbocycles. The number of rotatable bonds is 3. The van der Waals surface area contributed by atoms with E-state index < -0.39 is 6.04 Å². The fourth-order valence-electron chi connectivity index (χ4n) is 3.78. The second-order valence-corrected chi connectivity index (χ2v) is 7.59. The van der Waals surface area contributed by atoms with Crippen molar-refractivity contribution in [3.63, 3.8) is 0 Å². The molecule has 1 unspecified atom stereocenters. The molecule has 1 amide bonds. The summed E-state index contributed by atoms with van der Waals surface area (Å²) in [6, 6.07) is 3.38. The van der Waals surface area contributed by atoms with Crippen molar-refractivity contribution in [2.24, 2.45) is 0 Å². The first-order chi connectivity index (χ1) is 12.1. The molecule has 0 N–H and O–H groups in total. The topological polar surface area (TPSA) is 59.6 Å². The molecular weight excluding hydrogens is 336 g/mol. The quantitative estimate of drug-likeness (QED) is 0.723. The summed E-state index contributed by atoms with van der Waals surface area (Å²) in [5, 5.41) is 6.52. The van der Waals surface area contributed by atoms with Crippen LogP contribution in [0.2, 0.25) is 0 Å². The third kappa shape index (κ3) is 2.57. The van der Waals surface area contributed by atoms with E-state index in [1.165, 1.54) is 11.1 Å². The number of carbonyl (C=O) groups is 1. The normalized spacial score (nSPS) is 16.6. The van der Waals surface area contributed by atoms with Crippen molar-refractivity contribution in [2.75, 3.05) is 13.1 Å². The van der Waals surface area contributed by atoms with Gasteiger partial charge in [-0.3, -0.25) is 14.0 Å². The second-order valence-electron chi connectivity index (χ2n) is 6.64. The Morgan fingerprint density at radius 1 is 1.28 bits per heavy atom. The minimum atomic E-state index is -0.526. The van der Waals surface area contributed by atoms with Crippen molar-refractivity contribution in [3.8, 4) is 0 Å². The van der Waals surface area contributed by atoms with Gasteiger partial charge in [0.2, 0.25) is 5.91 Å². The number of thiophene rings is 1. The van der Waals surface area contributed by atoms with Crippen LogP contribution in [0.5, 0.6) is 0 Å². The largest absolute Gasteiger partial charge is 0.341 e. The lowest BCUT2D eigenvalue weighted by atomic mass is 10.1. The number of hydrogen-bond donors (Lipinski definition) is 0. The fourth-order valence-corrected chi connectivity index (χ4v) is 4.59. The third-order valence-corrected chi connectivity index (χ3v) is 5.91. The highest BCUT2D eigenvalue weighted by molar-refractivity contribution is 7.17. The standard InChI is InChI=1S/C18H22N4O2S/c1-3-13(17(23)20-8-5-4-6-9-20)22-18(24)15-11-16-14(7-10-25-16)21(15)12(2)19-22/h7,10-11,13H,3-6,8-9H2,1-2H3. The van der Waals surface area contributed by atoms with E-state index in [-0.39, 0.29) is 11.5 Å². The van der Waals surface area contributed by atoms with E-state index in [4.69, 9.17) is 0 Å². The SMILES string of the molecule is CCC(C(=O)N1CCCCC1)n1nc(C)n2c(cc3sccc32)c1=O. The van der Waals surface area contributed by atoms with Crippen LogP contribution in [0, 0.1) is 6.92 Å². The number of carbonyl (C=O) groups excluding carboxylic acids is 1. The van der Waals surface area contributed by atoms with Crippen molar-refractivity contribution >= 4 is 33.0 Å². The van der Waals surface area contributed by atoms with Crippen molar-refractivity contribution < 1.29 is 4.79 Å². The van der Waals surface area contributed by atoms with Gasteiger partial charge in [-0.15, -0.1) is 11.3 Å². The molecule has 1 aliphatic rings. The molecule has 3 aromatic heterocycles. The first-order valence-electron chi connectivity index (χ1n) is 8.88. The summed E-state index contributed by atoms with van der Waals surface area (Å²) in [7, 11) is 0. The van der Waals surface area contributed by atoms with Crippen LogP contribution in [-0.4, -0.2) is 38.1 Å². The van der Waals surface area contributed by atoms with Crippen molar-refractivity contribution in [3.05, 3.63) is 33.7 Å². The highest BCUT2D eigenvalue weighted by Gasteiger charge is 2.28. The zero-order valence-corrected chi connectivity index (χ0v) is 15.4. The molecule has 132 valence electrons. The molecule has 3 aromatic rings. The lowest BCUT2D eigenvalue weighted by molar-refractivity contribution is -0.136. The van der Waals surface area contributed by atoms with Gasteiger partial charge in [0, 0.05) is 13.1 Å². The second kappa shape index (κ2) is 6.29. The van der Waals surface area contributed by atoms with Gasteiger partial charge in [0.1, 0.15) is 17.4 Å². The molecule has 1 fully saturated rings. The van der Waals surface area contributed by atoms with Crippen molar-refractivity contribution in [2.45, 2.75) is 45.6 Å². The molecule has 4 heterocycles. The molecule has 1 aliphatic heterocycles. The van der Waals surface area contributed by atoms with Crippen LogP contribution in [0.3, 0.4) is 0 Å². The number of aryl methyl sites for hydroxylation is 1. The molecule has 1 atom stereocenters. The molecule has 0 saturated carbocycles. The summed E-state index contributed by atoms with van der Waals surface area (Å²) in [6.45, 7) is 5.40. The highest BCUT2D eigenvalue weighted by Crippen LogP contribution is 2.25. The Balaban J connectivity index is 1.82. The molecule has 0 bridgehead atoms. The van der Waals surface area contributed by atoms with Crippen LogP contribution in [0.15, 0.2) is 22.3 Å². The zero-order chi connectivity index (χ0) is 17.6. The van der Waals surface area contributed by atoms with E-state index in [0.717, 1.165) is 42.0 Å². The maximum atomic E-state index is 13.0. The summed E-state index contributed by atoms with van der Waals surface area (Å²) in [5.74, 6) is 0.752. The van der Waals surface area contributed by atoms with Gasteiger partial charge in [0.25, 0.3) is 5.56 Å². The molecule has 7 heteroatoms. The average molecular weight is 358 g/mol. The van der Waals surface area contributed by atoms with E-state index in [0.29, 0.717) is 11.9 Å². The monoisotopic (exact) mass is 358 g/mol. The van der Waals surface area contributed by atoms with Gasteiger partial charge in [0.15, 0.2) is 0 Å². The summed E-state index contributed by atoms with van der Waals surface area (Å²) in [5.41, 5.74) is 1.41. The Kier molecular flexibility index (Phi) is 4.11. The molecule has 4 rings (SSSR count). The Hall–Kier alpha value is -2.15. The van der Waals surface area contributed by atoms with E-state index in [2.05, 4.69) is 5.10 Å².